The van der Waals surface area contributed by atoms with Gasteiger partial charge in [-0.1, -0.05) is 62.4 Å². The van der Waals surface area contributed by atoms with Crippen molar-refractivity contribution in [3.8, 4) is 11.5 Å². The summed E-state index contributed by atoms with van der Waals surface area (Å²) in [6, 6.07) is 21.4. The van der Waals surface area contributed by atoms with Crippen molar-refractivity contribution >= 4 is 27.5 Å². The molecule has 226 valence electrons. The molecule has 2 amide bonds. The summed E-state index contributed by atoms with van der Waals surface area (Å²) >= 11 is 0. The molecular formula is C32H41N3O6S. The molecule has 0 fully saturated rings. The van der Waals surface area contributed by atoms with E-state index in [1.165, 1.54) is 37.3 Å². The minimum absolute atomic E-state index is 0.0324. The van der Waals surface area contributed by atoms with Crippen molar-refractivity contribution in [3.05, 3.63) is 84.4 Å². The van der Waals surface area contributed by atoms with Gasteiger partial charge >= 0.3 is 0 Å². The number of hydrogen-bond donors (Lipinski definition) is 1. The number of nitrogens with one attached hydrogen (secondary N) is 1. The highest BCUT2D eigenvalue weighted by molar-refractivity contribution is 7.92. The van der Waals surface area contributed by atoms with E-state index in [4.69, 9.17) is 9.47 Å². The standard InChI is InChI=1S/C32H41N3O6S/c1-6-24(3)33-32(37)28(7-2)34(21-20-25-14-10-8-11-15-25)31(36)23-35(42(38,39)27-16-12-9-13-17-27)26-18-19-29(40-4)30(22-26)41-5/h8-19,22,24,28H,6-7,20-21,23H2,1-5H3,(H,33,37)/t24-,28-/m0/s1. The first-order valence-electron chi connectivity index (χ1n) is 14.1. The number of amides is 2. The number of methoxy groups -OCH3 is 2. The van der Waals surface area contributed by atoms with Gasteiger partial charge in [0.05, 0.1) is 24.8 Å². The Labute approximate surface area is 249 Å². The summed E-state index contributed by atoms with van der Waals surface area (Å²) in [5.74, 6) is -0.0267. The van der Waals surface area contributed by atoms with E-state index in [1.54, 1.807) is 30.3 Å². The van der Waals surface area contributed by atoms with Crippen LogP contribution in [0.15, 0.2) is 83.8 Å². The highest BCUT2D eigenvalue weighted by Gasteiger charge is 2.34. The predicted octanol–water partition coefficient (Wildman–Crippen LogP) is 4.66. The molecule has 0 unspecified atom stereocenters. The molecule has 0 aliphatic rings. The zero-order valence-electron chi connectivity index (χ0n) is 24.9. The fourth-order valence-corrected chi connectivity index (χ4v) is 5.99. The predicted molar refractivity (Wildman–Crippen MR) is 164 cm³/mol. The van der Waals surface area contributed by atoms with E-state index in [9.17, 15) is 18.0 Å². The number of rotatable bonds is 15. The lowest BCUT2D eigenvalue weighted by atomic mass is 10.1. The van der Waals surface area contributed by atoms with E-state index in [0.29, 0.717) is 24.3 Å². The van der Waals surface area contributed by atoms with Crippen LogP contribution in [0.25, 0.3) is 0 Å². The molecule has 0 spiro atoms. The van der Waals surface area contributed by atoms with Gasteiger partial charge in [0.25, 0.3) is 10.0 Å². The number of hydrogen-bond acceptors (Lipinski definition) is 6. The van der Waals surface area contributed by atoms with Crippen LogP contribution in [0.4, 0.5) is 5.69 Å². The second-order valence-corrected chi connectivity index (χ2v) is 11.8. The Morgan fingerprint density at radius 2 is 1.48 bits per heavy atom. The third-order valence-electron chi connectivity index (χ3n) is 7.14. The Balaban J connectivity index is 2.05. The molecule has 0 bridgehead atoms. The smallest absolute Gasteiger partial charge is 0.264 e. The van der Waals surface area contributed by atoms with Crippen LogP contribution in [0.5, 0.6) is 11.5 Å². The van der Waals surface area contributed by atoms with E-state index >= 15 is 0 Å². The van der Waals surface area contributed by atoms with Crippen molar-refractivity contribution in [1.82, 2.24) is 10.2 Å². The van der Waals surface area contributed by atoms with Crippen molar-refractivity contribution in [2.45, 2.75) is 57.0 Å². The summed E-state index contributed by atoms with van der Waals surface area (Å²) in [6.07, 6.45) is 1.61. The maximum absolute atomic E-state index is 14.1. The lowest BCUT2D eigenvalue weighted by Gasteiger charge is -2.33. The molecule has 0 saturated heterocycles. The van der Waals surface area contributed by atoms with Crippen LogP contribution in [0.1, 0.15) is 39.2 Å². The summed E-state index contributed by atoms with van der Waals surface area (Å²) in [7, 11) is -1.24. The van der Waals surface area contributed by atoms with Crippen LogP contribution in [0.3, 0.4) is 0 Å². The third kappa shape index (κ3) is 8.03. The molecule has 0 radical (unpaired) electrons. The molecule has 42 heavy (non-hydrogen) atoms. The zero-order valence-corrected chi connectivity index (χ0v) is 25.8. The Hall–Kier alpha value is -4.05. The van der Waals surface area contributed by atoms with Crippen molar-refractivity contribution < 1.29 is 27.5 Å². The Morgan fingerprint density at radius 3 is 2.05 bits per heavy atom. The van der Waals surface area contributed by atoms with Gasteiger partial charge < -0.3 is 19.7 Å². The number of ether oxygens (including phenoxy) is 2. The number of nitrogens with zero attached hydrogens (tertiary/aromatic N) is 2. The van der Waals surface area contributed by atoms with Crippen LogP contribution < -0.4 is 19.1 Å². The molecule has 3 aromatic carbocycles. The number of sulfonamides is 1. The van der Waals surface area contributed by atoms with E-state index in [1.807, 2.05) is 51.1 Å². The molecular weight excluding hydrogens is 554 g/mol. The van der Waals surface area contributed by atoms with Crippen molar-refractivity contribution in [3.63, 3.8) is 0 Å². The fraction of sp³-hybridized carbons (Fsp3) is 0.375. The number of carbonyl (C=O) groups is 2. The van der Waals surface area contributed by atoms with Crippen LogP contribution in [-0.2, 0) is 26.0 Å². The van der Waals surface area contributed by atoms with E-state index in [-0.39, 0.29) is 29.1 Å². The third-order valence-corrected chi connectivity index (χ3v) is 8.92. The van der Waals surface area contributed by atoms with Gasteiger partial charge in [0, 0.05) is 18.7 Å². The summed E-state index contributed by atoms with van der Waals surface area (Å²) in [5, 5.41) is 2.99. The van der Waals surface area contributed by atoms with Gasteiger partial charge in [0.15, 0.2) is 11.5 Å². The van der Waals surface area contributed by atoms with Crippen LogP contribution in [0, 0.1) is 0 Å². The SMILES string of the molecule is CC[C@H](C)NC(=O)[C@H](CC)N(CCc1ccccc1)C(=O)CN(c1ccc(OC)c(OC)c1)S(=O)(=O)c1ccccc1. The quantitative estimate of drug-likeness (QED) is 0.274. The first-order valence-corrected chi connectivity index (χ1v) is 15.5. The van der Waals surface area contributed by atoms with E-state index < -0.39 is 28.5 Å². The molecule has 9 nitrogen and oxygen atoms in total. The zero-order chi connectivity index (χ0) is 30.7. The molecule has 0 heterocycles. The number of carbonyl (C=O) groups excluding carboxylic acids is 2. The molecule has 0 aliphatic carbocycles. The molecule has 0 aromatic heterocycles. The van der Waals surface area contributed by atoms with Gasteiger partial charge in [0.1, 0.15) is 12.6 Å². The fourth-order valence-electron chi connectivity index (χ4n) is 4.57. The van der Waals surface area contributed by atoms with Gasteiger partial charge in [0.2, 0.25) is 11.8 Å². The molecule has 2 atom stereocenters. The molecule has 3 aromatic rings. The molecule has 10 heteroatoms. The van der Waals surface area contributed by atoms with Gasteiger partial charge in [-0.3, -0.25) is 13.9 Å². The van der Waals surface area contributed by atoms with E-state index in [2.05, 4.69) is 5.32 Å². The normalized spacial score (nSPS) is 12.6. The monoisotopic (exact) mass is 595 g/mol. The minimum Gasteiger partial charge on any atom is -0.493 e. The van der Waals surface area contributed by atoms with Gasteiger partial charge in [-0.15, -0.1) is 0 Å². The van der Waals surface area contributed by atoms with Gasteiger partial charge in [-0.25, -0.2) is 8.42 Å². The Kier molecular flexibility index (Phi) is 11.8. The molecule has 0 aliphatic heterocycles. The highest BCUT2D eigenvalue weighted by atomic mass is 32.2. The molecule has 3 rings (SSSR count). The van der Waals surface area contributed by atoms with Crippen LogP contribution in [-0.4, -0.2) is 64.5 Å². The first kappa shape index (κ1) is 32.5. The average molecular weight is 596 g/mol. The van der Waals surface area contributed by atoms with Crippen LogP contribution in [0.2, 0.25) is 0 Å². The van der Waals surface area contributed by atoms with Crippen molar-refractivity contribution in [1.29, 1.82) is 0 Å². The van der Waals surface area contributed by atoms with Gasteiger partial charge in [-0.2, -0.15) is 0 Å². The Morgan fingerprint density at radius 1 is 0.857 bits per heavy atom. The summed E-state index contributed by atoms with van der Waals surface area (Å²) in [4.78, 5) is 29.0. The summed E-state index contributed by atoms with van der Waals surface area (Å²) in [5.41, 5.74) is 1.23. The van der Waals surface area contributed by atoms with Crippen molar-refractivity contribution in [2.75, 3.05) is 31.6 Å². The number of anilines is 1. The second-order valence-electron chi connectivity index (χ2n) is 9.93. The second kappa shape index (κ2) is 15.3. The highest BCUT2D eigenvalue weighted by Crippen LogP contribution is 2.34. The largest absolute Gasteiger partial charge is 0.493 e. The topological polar surface area (TPSA) is 105 Å². The minimum atomic E-state index is -4.18. The first-order chi connectivity index (χ1) is 20.2. The average Bonchev–Trinajstić information content (AvgIpc) is 3.01. The Bertz CT molecular complexity index is 1420. The lowest BCUT2D eigenvalue weighted by molar-refractivity contribution is -0.139. The molecule has 1 N–H and O–H groups in total. The van der Waals surface area contributed by atoms with Crippen LogP contribution >= 0.6 is 0 Å². The molecule has 0 saturated carbocycles. The maximum atomic E-state index is 14.1. The number of benzene rings is 3. The van der Waals surface area contributed by atoms with Gasteiger partial charge in [-0.05, 0) is 56.0 Å². The lowest BCUT2D eigenvalue weighted by Crippen LogP contribution is -2.54. The summed E-state index contributed by atoms with van der Waals surface area (Å²) in [6.45, 7) is 5.44. The maximum Gasteiger partial charge on any atom is 0.264 e. The van der Waals surface area contributed by atoms with E-state index in [0.717, 1.165) is 16.3 Å². The van der Waals surface area contributed by atoms with Crippen molar-refractivity contribution in [2.24, 2.45) is 0 Å². The summed E-state index contributed by atoms with van der Waals surface area (Å²) < 4.78 is 39.8.